The maximum absolute atomic E-state index is 3.83. The lowest BCUT2D eigenvalue weighted by atomic mass is 9.89. The van der Waals surface area contributed by atoms with E-state index in [4.69, 9.17) is 0 Å². The van der Waals surface area contributed by atoms with E-state index in [2.05, 4.69) is 67.0 Å². The van der Waals surface area contributed by atoms with Gasteiger partial charge in [-0.1, -0.05) is 67.0 Å². The molecule has 0 saturated heterocycles. The molecule has 0 aromatic heterocycles. The minimum atomic E-state index is 0.386. The van der Waals surface area contributed by atoms with Gasteiger partial charge in [-0.2, -0.15) is 0 Å². The predicted molar refractivity (Wildman–Crippen MR) is 78.7 cm³/mol. The molecule has 0 spiro atoms. The molecule has 0 heterocycles. The van der Waals surface area contributed by atoms with Gasteiger partial charge >= 0.3 is 0 Å². The van der Waals surface area contributed by atoms with Crippen LogP contribution in [0.5, 0.6) is 0 Å². The molecule has 0 bridgehead atoms. The Labute approximate surface area is 114 Å². The van der Waals surface area contributed by atoms with Crippen molar-refractivity contribution in [1.29, 1.82) is 0 Å². The van der Waals surface area contributed by atoms with Gasteiger partial charge in [-0.15, -0.1) is 0 Å². The molecule has 3 atom stereocenters. The summed E-state index contributed by atoms with van der Waals surface area (Å²) in [4.78, 5) is 0.645. The van der Waals surface area contributed by atoms with Gasteiger partial charge < -0.3 is 0 Å². The molecule has 1 fully saturated rings. The number of benzene rings is 1. The Kier molecular flexibility index (Phi) is 3.97. The summed E-state index contributed by atoms with van der Waals surface area (Å²) < 4.78 is 0. The van der Waals surface area contributed by atoms with Crippen molar-refractivity contribution in [3.8, 4) is 0 Å². The number of hydrogen-bond acceptors (Lipinski definition) is 0. The fourth-order valence-corrected chi connectivity index (χ4v) is 2.73. The predicted octanol–water partition coefficient (Wildman–Crippen LogP) is 5.38. The molecular weight excluding hydrogens is 272 g/mol. The van der Waals surface area contributed by atoms with Crippen molar-refractivity contribution in [2.24, 2.45) is 11.3 Å². The summed E-state index contributed by atoms with van der Waals surface area (Å²) in [5.41, 5.74) is 1.93. The third-order valence-electron chi connectivity index (χ3n) is 3.88. The van der Waals surface area contributed by atoms with Crippen LogP contribution >= 0.6 is 15.9 Å². The molecular formula is C16H23Br. The molecule has 0 radical (unpaired) electrons. The van der Waals surface area contributed by atoms with Gasteiger partial charge in [-0.3, -0.25) is 0 Å². The van der Waals surface area contributed by atoms with Gasteiger partial charge in [-0.05, 0) is 42.1 Å². The summed E-state index contributed by atoms with van der Waals surface area (Å²) in [6, 6.07) is 11.0. The average molecular weight is 295 g/mol. The molecule has 0 nitrogen and oxygen atoms in total. The van der Waals surface area contributed by atoms with Crippen LogP contribution in [0.4, 0.5) is 0 Å². The molecule has 0 N–H and O–H groups in total. The smallest absolute Gasteiger partial charge is 0.0194 e. The average Bonchev–Trinajstić information content (AvgIpc) is 3.05. The van der Waals surface area contributed by atoms with E-state index >= 15 is 0 Å². The summed E-state index contributed by atoms with van der Waals surface area (Å²) in [5, 5.41) is 0. The van der Waals surface area contributed by atoms with Crippen molar-refractivity contribution < 1.29 is 0 Å². The fraction of sp³-hybridized carbons (Fsp3) is 0.625. The van der Waals surface area contributed by atoms with Crippen LogP contribution < -0.4 is 0 Å². The standard InChI is InChI=1S/C16H23Br/c1-16(2,3)15(17)10-9-13-11-14(13)12-7-5-4-6-8-12/h4-8,13-15H,9-11H2,1-3H3. The van der Waals surface area contributed by atoms with Gasteiger partial charge in [0.1, 0.15) is 0 Å². The molecule has 1 heteroatoms. The van der Waals surface area contributed by atoms with Crippen molar-refractivity contribution >= 4 is 15.9 Å². The van der Waals surface area contributed by atoms with E-state index in [0.717, 1.165) is 11.8 Å². The first kappa shape index (κ1) is 13.1. The van der Waals surface area contributed by atoms with Gasteiger partial charge in [0.05, 0.1) is 0 Å². The number of alkyl halides is 1. The Morgan fingerprint density at radius 3 is 2.47 bits per heavy atom. The van der Waals surface area contributed by atoms with E-state index in [0.29, 0.717) is 10.2 Å². The Balaban J connectivity index is 1.78. The SMILES string of the molecule is CC(C)(C)C(Br)CCC1CC1c1ccccc1. The maximum Gasteiger partial charge on any atom is 0.0194 e. The van der Waals surface area contributed by atoms with Gasteiger partial charge in [0.15, 0.2) is 0 Å². The highest BCUT2D eigenvalue weighted by Gasteiger charge is 2.38. The minimum absolute atomic E-state index is 0.386. The molecule has 0 aliphatic heterocycles. The first-order chi connectivity index (χ1) is 7.98. The first-order valence-electron chi connectivity index (χ1n) is 6.67. The van der Waals surface area contributed by atoms with Crippen molar-refractivity contribution in [3.63, 3.8) is 0 Å². The number of rotatable bonds is 4. The summed E-state index contributed by atoms with van der Waals surface area (Å²) in [6.07, 6.45) is 4.07. The van der Waals surface area contributed by atoms with Crippen LogP contribution in [0.2, 0.25) is 0 Å². The molecule has 2 rings (SSSR count). The van der Waals surface area contributed by atoms with Crippen molar-refractivity contribution in [2.75, 3.05) is 0 Å². The minimum Gasteiger partial charge on any atom is -0.0885 e. The highest BCUT2D eigenvalue weighted by Crippen LogP contribution is 2.51. The normalized spacial score (nSPS) is 25.6. The first-order valence-corrected chi connectivity index (χ1v) is 7.59. The summed E-state index contributed by atoms with van der Waals surface area (Å²) >= 11 is 3.83. The quantitative estimate of drug-likeness (QED) is 0.654. The molecule has 94 valence electrons. The lowest BCUT2D eigenvalue weighted by Crippen LogP contribution is -2.20. The molecule has 1 aliphatic rings. The van der Waals surface area contributed by atoms with Crippen LogP contribution in [0.1, 0.15) is 51.5 Å². The molecule has 1 saturated carbocycles. The Hall–Kier alpha value is -0.300. The van der Waals surface area contributed by atoms with E-state index in [9.17, 15) is 0 Å². The summed E-state index contributed by atoms with van der Waals surface area (Å²) in [6.45, 7) is 6.94. The van der Waals surface area contributed by atoms with E-state index in [1.54, 1.807) is 5.56 Å². The highest BCUT2D eigenvalue weighted by molar-refractivity contribution is 9.09. The maximum atomic E-state index is 3.83. The van der Waals surface area contributed by atoms with E-state index < -0.39 is 0 Å². The molecule has 1 aromatic carbocycles. The van der Waals surface area contributed by atoms with Gasteiger partial charge in [0, 0.05) is 4.83 Å². The lowest BCUT2D eigenvalue weighted by Gasteiger charge is -2.25. The highest BCUT2D eigenvalue weighted by atomic mass is 79.9. The van der Waals surface area contributed by atoms with Crippen LogP contribution in [0.15, 0.2) is 30.3 Å². The molecule has 3 unspecified atom stereocenters. The summed E-state index contributed by atoms with van der Waals surface area (Å²) in [5.74, 6) is 1.77. The van der Waals surface area contributed by atoms with Crippen molar-refractivity contribution in [3.05, 3.63) is 35.9 Å². The monoisotopic (exact) mass is 294 g/mol. The van der Waals surface area contributed by atoms with Gasteiger partial charge in [0.2, 0.25) is 0 Å². The zero-order chi connectivity index (χ0) is 12.5. The van der Waals surface area contributed by atoms with Crippen LogP contribution in [-0.2, 0) is 0 Å². The topological polar surface area (TPSA) is 0 Å². The Morgan fingerprint density at radius 2 is 1.88 bits per heavy atom. The van der Waals surface area contributed by atoms with Crippen molar-refractivity contribution in [1.82, 2.24) is 0 Å². The molecule has 0 amide bonds. The molecule has 17 heavy (non-hydrogen) atoms. The van der Waals surface area contributed by atoms with Crippen LogP contribution in [0.3, 0.4) is 0 Å². The largest absolute Gasteiger partial charge is 0.0885 e. The second-order valence-corrected chi connectivity index (χ2v) is 7.53. The Morgan fingerprint density at radius 1 is 1.24 bits per heavy atom. The Bertz CT molecular complexity index is 350. The van der Waals surface area contributed by atoms with Gasteiger partial charge in [-0.25, -0.2) is 0 Å². The van der Waals surface area contributed by atoms with Gasteiger partial charge in [0.25, 0.3) is 0 Å². The third-order valence-corrected chi connectivity index (χ3v) is 5.71. The van der Waals surface area contributed by atoms with E-state index in [1.807, 2.05) is 0 Å². The third kappa shape index (κ3) is 3.58. The summed E-state index contributed by atoms with van der Waals surface area (Å²) in [7, 11) is 0. The number of halogens is 1. The zero-order valence-corrected chi connectivity index (χ0v) is 12.7. The molecule has 1 aromatic rings. The number of hydrogen-bond donors (Lipinski definition) is 0. The van der Waals surface area contributed by atoms with Crippen molar-refractivity contribution in [2.45, 2.75) is 50.8 Å². The zero-order valence-electron chi connectivity index (χ0n) is 11.1. The lowest BCUT2D eigenvalue weighted by molar-refractivity contribution is 0.375. The van der Waals surface area contributed by atoms with Crippen LogP contribution in [-0.4, -0.2) is 4.83 Å². The second-order valence-electron chi connectivity index (χ2n) is 6.42. The fourth-order valence-electron chi connectivity index (χ4n) is 2.47. The van der Waals surface area contributed by atoms with E-state index in [1.165, 1.54) is 19.3 Å². The van der Waals surface area contributed by atoms with Crippen LogP contribution in [0, 0.1) is 11.3 Å². The molecule has 1 aliphatic carbocycles. The van der Waals surface area contributed by atoms with Crippen LogP contribution in [0.25, 0.3) is 0 Å². The van der Waals surface area contributed by atoms with E-state index in [-0.39, 0.29) is 0 Å². The second kappa shape index (κ2) is 5.14.